The number of aromatic hydroxyl groups is 1. The van der Waals surface area contributed by atoms with E-state index in [0.29, 0.717) is 64.2 Å². The molecule has 0 aliphatic carbocycles. The number of hydrogen-bond donors (Lipinski definition) is 3. The molecule has 0 aliphatic rings. The predicted octanol–water partition coefficient (Wildman–Crippen LogP) is 4.92. The van der Waals surface area contributed by atoms with Crippen LogP contribution in [0.3, 0.4) is 0 Å². The number of sulfonamides is 1. The number of fused-ring (bicyclic) bond motifs is 1. The third-order valence-electron chi connectivity index (χ3n) is 6.46. The normalized spacial score (nSPS) is 12.3. The second-order valence-corrected chi connectivity index (χ2v) is 12.0. The van der Waals surface area contributed by atoms with Gasteiger partial charge in [-0.1, -0.05) is 25.1 Å². The molecule has 0 spiro atoms. The Kier molecular flexibility index (Phi) is 9.09. The molecule has 4 rings (SSSR count). The highest BCUT2D eigenvalue weighted by Gasteiger charge is 2.23. The number of carboxylic acids is 1. The molecule has 3 N–H and O–H groups in total. The van der Waals surface area contributed by atoms with E-state index in [0.717, 1.165) is 0 Å². The average molecular weight is 581 g/mol. The first-order valence-corrected chi connectivity index (χ1v) is 14.7. The lowest BCUT2D eigenvalue weighted by Crippen LogP contribution is -2.38. The van der Waals surface area contributed by atoms with Gasteiger partial charge in [0.1, 0.15) is 5.82 Å². The Morgan fingerprint density at radius 3 is 2.41 bits per heavy atom. The van der Waals surface area contributed by atoms with Gasteiger partial charge in [0.2, 0.25) is 10.0 Å². The number of nitrogens with zero attached hydrogens (tertiary/aromatic N) is 3. The number of carboxylic acid groups (broad SMARTS) is 1. The summed E-state index contributed by atoms with van der Waals surface area (Å²) in [6.45, 7) is 2.65. The van der Waals surface area contributed by atoms with Crippen LogP contribution in [0, 0.1) is 5.82 Å². The molecule has 1 heterocycles. The van der Waals surface area contributed by atoms with Crippen molar-refractivity contribution in [1.29, 1.82) is 0 Å². The van der Waals surface area contributed by atoms with Gasteiger partial charge in [-0.15, -0.1) is 0 Å². The maximum Gasteiger partial charge on any atom is 0.307 e. The Labute approximate surface area is 238 Å². The Morgan fingerprint density at radius 2 is 1.76 bits per heavy atom. The van der Waals surface area contributed by atoms with Gasteiger partial charge in [-0.3, -0.25) is 9.10 Å². The molecule has 0 atom stereocenters. The quantitative estimate of drug-likeness (QED) is 0.204. The third kappa shape index (κ3) is 7.11. The summed E-state index contributed by atoms with van der Waals surface area (Å²) in [5, 5.41) is 20.7. The number of halogens is 1. The summed E-state index contributed by atoms with van der Waals surface area (Å²) in [5.41, 5.74) is 3.11. The first-order valence-electron chi connectivity index (χ1n) is 13.1. The fourth-order valence-electron chi connectivity index (χ4n) is 4.57. The molecule has 4 aromatic rings. The lowest BCUT2D eigenvalue weighted by atomic mass is 9.98. The minimum absolute atomic E-state index is 0.0254. The molecular formula is C30H33FN4O5S. The van der Waals surface area contributed by atoms with E-state index >= 15 is 0 Å². The number of likely N-dealkylation sites (N-methyl/N-ethyl adjacent to an activating group) is 1. The maximum absolute atomic E-state index is 13.9. The van der Waals surface area contributed by atoms with Gasteiger partial charge in [0.05, 0.1) is 40.3 Å². The van der Waals surface area contributed by atoms with Crippen molar-refractivity contribution in [3.05, 3.63) is 89.2 Å². The van der Waals surface area contributed by atoms with E-state index in [4.69, 9.17) is 4.99 Å². The smallest absolute Gasteiger partial charge is 0.307 e. The number of benzene rings is 3. The first kappa shape index (κ1) is 29.8. The minimum Gasteiger partial charge on any atom is -0.494 e. The SMILES string of the molecule is CCCS(=O)(=O)N(CCN(C)C)c1ccc(N=C(c2cccc(CC(=O)O)c2)c2c(O)[nH]c3cc(F)ccc23)cc1. The van der Waals surface area contributed by atoms with Gasteiger partial charge in [0, 0.05) is 24.0 Å². The van der Waals surface area contributed by atoms with Crippen molar-refractivity contribution >= 4 is 44.0 Å². The largest absolute Gasteiger partial charge is 0.494 e. The topological polar surface area (TPSA) is 126 Å². The highest BCUT2D eigenvalue weighted by atomic mass is 32.2. The van der Waals surface area contributed by atoms with E-state index in [1.54, 1.807) is 48.5 Å². The minimum atomic E-state index is -3.53. The number of anilines is 1. The number of hydrogen-bond acceptors (Lipinski definition) is 6. The Hall–Kier alpha value is -4.22. The lowest BCUT2D eigenvalue weighted by molar-refractivity contribution is -0.136. The van der Waals surface area contributed by atoms with Gasteiger partial charge in [0.25, 0.3) is 0 Å². The van der Waals surface area contributed by atoms with E-state index in [-0.39, 0.29) is 18.1 Å². The zero-order valence-electron chi connectivity index (χ0n) is 23.1. The predicted molar refractivity (Wildman–Crippen MR) is 159 cm³/mol. The average Bonchev–Trinajstić information content (AvgIpc) is 3.22. The standard InChI is InChI=1S/C30H33FN4O5S/c1-4-16-41(39,40)35(15-14-34(2)3)24-11-9-23(10-12-24)32-29(21-7-5-6-20(17-21)18-27(36)37)28-25-13-8-22(31)19-26(25)33-30(28)38/h5-13,17,19,33,38H,4,14-16,18H2,1-3H3,(H,36,37). The molecule has 41 heavy (non-hydrogen) atoms. The number of nitrogens with one attached hydrogen (secondary N) is 1. The highest BCUT2D eigenvalue weighted by molar-refractivity contribution is 7.92. The van der Waals surface area contributed by atoms with Gasteiger partial charge in [0.15, 0.2) is 5.88 Å². The number of carbonyl (C=O) groups is 1. The van der Waals surface area contributed by atoms with Crippen LogP contribution in [0.25, 0.3) is 10.9 Å². The summed E-state index contributed by atoms with van der Waals surface area (Å²) in [5.74, 6) is -1.65. The molecule has 0 aliphatic heterocycles. The van der Waals surface area contributed by atoms with E-state index in [1.807, 2.05) is 25.9 Å². The Balaban J connectivity index is 1.83. The van der Waals surface area contributed by atoms with Gasteiger partial charge in [-0.25, -0.2) is 17.8 Å². The molecule has 216 valence electrons. The van der Waals surface area contributed by atoms with Crippen LogP contribution in [0.15, 0.2) is 71.7 Å². The number of aromatic amines is 1. The van der Waals surface area contributed by atoms with E-state index < -0.39 is 21.8 Å². The molecule has 0 radical (unpaired) electrons. The van der Waals surface area contributed by atoms with Crippen molar-refractivity contribution in [2.24, 2.45) is 4.99 Å². The summed E-state index contributed by atoms with van der Waals surface area (Å²) in [6.07, 6.45) is 0.293. The van der Waals surface area contributed by atoms with E-state index in [9.17, 15) is 27.8 Å². The van der Waals surface area contributed by atoms with Crippen molar-refractivity contribution in [3.8, 4) is 5.88 Å². The fourth-order valence-corrected chi connectivity index (χ4v) is 6.11. The molecule has 9 nitrogen and oxygen atoms in total. The fraction of sp³-hybridized carbons (Fsp3) is 0.267. The monoisotopic (exact) mass is 580 g/mol. The van der Waals surface area contributed by atoms with Crippen LogP contribution < -0.4 is 4.31 Å². The molecule has 11 heteroatoms. The van der Waals surface area contributed by atoms with Crippen LogP contribution in [-0.4, -0.2) is 73.1 Å². The second-order valence-electron chi connectivity index (χ2n) is 9.98. The summed E-state index contributed by atoms with van der Waals surface area (Å²) >= 11 is 0. The van der Waals surface area contributed by atoms with E-state index in [2.05, 4.69) is 4.98 Å². The molecule has 0 saturated heterocycles. The number of aliphatic imine (C=N–C) groups is 1. The van der Waals surface area contributed by atoms with Crippen molar-refractivity contribution in [2.45, 2.75) is 19.8 Å². The number of rotatable bonds is 12. The van der Waals surface area contributed by atoms with Crippen LogP contribution >= 0.6 is 0 Å². The van der Waals surface area contributed by atoms with Crippen molar-refractivity contribution in [3.63, 3.8) is 0 Å². The second kappa shape index (κ2) is 12.5. The summed E-state index contributed by atoms with van der Waals surface area (Å²) in [4.78, 5) is 20.9. The van der Waals surface area contributed by atoms with Gasteiger partial charge >= 0.3 is 5.97 Å². The third-order valence-corrected chi connectivity index (χ3v) is 8.45. The Bertz CT molecular complexity index is 1680. The van der Waals surface area contributed by atoms with Gasteiger partial charge < -0.3 is 20.1 Å². The molecule has 3 aromatic carbocycles. The van der Waals surface area contributed by atoms with Crippen molar-refractivity contribution < 1.29 is 27.8 Å². The number of aliphatic carboxylic acids is 1. The van der Waals surface area contributed by atoms with Crippen molar-refractivity contribution in [2.75, 3.05) is 37.2 Å². The first-order chi connectivity index (χ1) is 19.5. The lowest BCUT2D eigenvalue weighted by Gasteiger charge is -2.26. The van der Waals surface area contributed by atoms with Crippen LogP contribution in [-0.2, 0) is 21.2 Å². The number of H-pyrrole nitrogens is 1. The van der Waals surface area contributed by atoms with Crippen LogP contribution in [0.4, 0.5) is 15.8 Å². The highest BCUT2D eigenvalue weighted by Crippen LogP contribution is 2.33. The number of aromatic nitrogens is 1. The van der Waals surface area contributed by atoms with Gasteiger partial charge in [-0.05, 0) is 74.6 Å². The molecule has 0 fully saturated rings. The van der Waals surface area contributed by atoms with E-state index in [1.165, 1.54) is 22.5 Å². The van der Waals surface area contributed by atoms with Crippen LogP contribution in [0.5, 0.6) is 5.88 Å². The zero-order valence-corrected chi connectivity index (χ0v) is 23.9. The molecule has 0 amide bonds. The molecular weight excluding hydrogens is 547 g/mol. The van der Waals surface area contributed by atoms with Gasteiger partial charge in [-0.2, -0.15) is 0 Å². The van der Waals surface area contributed by atoms with Crippen LogP contribution in [0.1, 0.15) is 30.0 Å². The maximum atomic E-state index is 13.9. The molecule has 0 saturated carbocycles. The zero-order chi connectivity index (χ0) is 29.7. The Morgan fingerprint density at radius 1 is 1.02 bits per heavy atom. The summed E-state index contributed by atoms with van der Waals surface area (Å²) in [6, 6.07) is 17.7. The van der Waals surface area contributed by atoms with Crippen LogP contribution in [0.2, 0.25) is 0 Å². The molecule has 1 aromatic heterocycles. The molecule has 0 bridgehead atoms. The summed E-state index contributed by atoms with van der Waals surface area (Å²) in [7, 11) is 0.229. The summed E-state index contributed by atoms with van der Waals surface area (Å²) < 4.78 is 41.4. The van der Waals surface area contributed by atoms with Crippen molar-refractivity contribution in [1.82, 2.24) is 9.88 Å². The molecule has 0 unspecified atom stereocenters.